The second-order valence-electron chi connectivity index (χ2n) is 7.59. The highest BCUT2D eigenvalue weighted by molar-refractivity contribution is 6.35. The van der Waals surface area contributed by atoms with Crippen molar-refractivity contribution in [2.24, 2.45) is 5.10 Å². The van der Waals surface area contributed by atoms with E-state index in [9.17, 15) is 9.59 Å². The van der Waals surface area contributed by atoms with Gasteiger partial charge in [0.25, 0.3) is 11.8 Å². The van der Waals surface area contributed by atoms with Crippen LogP contribution >= 0.6 is 23.2 Å². The minimum absolute atomic E-state index is 0.269. The molecule has 0 spiro atoms. The zero-order chi connectivity index (χ0) is 25.2. The molecule has 3 aromatic carbocycles. The lowest BCUT2D eigenvalue weighted by atomic mass is 10.1. The van der Waals surface area contributed by atoms with Crippen molar-refractivity contribution in [1.29, 1.82) is 0 Å². The summed E-state index contributed by atoms with van der Waals surface area (Å²) in [6.45, 7) is 1.57. The Morgan fingerprint density at radius 1 is 1.00 bits per heavy atom. The number of ether oxygens (including phenoxy) is 2. The zero-order valence-electron chi connectivity index (χ0n) is 19.2. The number of halogens is 2. The van der Waals surface area contributed by atoms with Crippen molar-refractivity contribution in [1.82, 2.24) is 10.7 Å². The Labute approximate surface area is 214 Å². The van der Waals surface area contributed by atoms with Crippen LogP contribution < -0.4 is 20.2 Å². The van der Waals surface area contributed by atoms with Gasteiger partial charge in [-0.05, 0) is 60.5 Å². The maximum absolute atomic E-state index is 12.9. The van der Waals surface area contributed by atoms with E-state index in [-0.39, 0.29) is 11.4 Å². The molecule has 3 aromatic rings. The zero-order valence-corrected chi connectivity index (χ0v) is 20.7. The molecule has 2 atom stereocenters. The SMILES string of the molecule is COc1ccc(/C=N\NC(=O)[C@@H](Cc2ccccc2)NC(=O)[C@H](C)Oc2ccc(Cl)cc2Cl)cc1. The van der Waals surface area contributed by atoms with E-state index in [2.05, 4.69) is 15.8 Å². The van der Waals surface area contributed by atoms with Gasteiger partial charge in [-0.25, -0.2) is 5.43 Å². The quantitative estimate of drug-likeness (QED) is 0.305. The summed E-state index contributed by atoms with van der Waals surface area (Å²) < 4.78 is 10.8. The van der Waals surface area contributed by atoms with Gasteiger partial charge in [0.1, 0.15) is 17.5 Å². The molecule has 0 aliphatic rings. The molecule has 9 heteroatoms. The highest BCUT2D eigenvalue weighted by atomic mass is 35.5. The van der Waals surface area contributed by atoms with Gasteiger partial charge in [-0.15, -0.1) is 0 Å². The van der Waals surface area contributed by atoms with Crippen molar-refractivity contribution < 1.29 is 19.1 Å². The number of nitrogens with zero attached hydrogens (tertiary/aromatic N) is 1. The number of carbonyl (C=O) groups excluding carboxylic acids is 2. The van der Waals surface area contributed by atoms with Crippen molar-refractivity contribution in [3.8, 4) is 11.5 Å². The molecule has 182 valence electrons. The predicted molar refractivity (Wildman–Crippen MR) is 137 cm³/mol. The predicted octanol–water partition coefficient (Wildman–Crippen LogP) is 4.65. The van der Waals surface area contributed by atoms with Crippen LogP contribution in [0.3, 0.4) is 0 Å². The van der Waals surface area contributed by atoms with Gasteiger partial charge >= 0.3 is 0 Å². The molecular weight excluding hydrogens is 489 g/mol. The van der Waals surface area contributed by atoms with Crippen LogP contribution in [0.1, 0.15) is 18.1 Å². The van der Waals surface area contributed by atoms with Crippen molar-refractivity contribution in [2.75, 3.05) is 7.11 Å². The van der Waals surface area contributed by atoms with Crippen LogP contribution in [-0.2, 0) is 16.0 Å². The number of amides is 2. The second-order valence-corrected chi connectivity index (χ2v) is 8.44. The van der Waals surface area contributed by atoms with Crippen LogP contribution in [0.25, 0.3) is 0 Å². The Hall–Kier alpha value is -3.55. The third kappa shape index (κ3) is 8.02. The van der Waals surface area contributed by atoms with Crippen LogP contribution in [0.2, 0.25) is 10.0 Å². The number of hydrogen-bond donors (Lipinski definition) is 2. The number of methoxy groups -OCH3 is 1. The Bertz CT molecular complexity index is 1170. The first-order valence-electron chi connectivity index (χ1n) is 10.8. The molecule has 7 nitrogen and oxygen atoms in total. The molecular formula is C26H25Cl2N3O4. The first-order valence-corrected chi connectivity index (χ1v) is 11.5. The molecule has 0 saturated carbocycles. The average Bonchev–Trinajstić information content (AvgIpc) is 2.86. The van der Waals surface area contributed by atoms with Gasteiger partial charge in [0.15, 0.2) is 6.10 Å². The first kappa shape index (κ1) is 26.1. The van der Waals surface area contributed by atoms with E-state index in [1.54, 1.807) is 50.4 Å². The van der Waals surface area contributed by atoms with Gasteiger partial charge < -0.3 is 14.8 Å². The van der Waals surface area contributed by atoms with Gasteiger partial charge in [-0.2, -0.15) is 5.10 Å². The van der Waals surface area contributed by atoms with Crippen molar-refractivity contribution in [2.45, 2.75) is 25.5 Å². The van der Waals surface area contributed by atoms with E-state index in [0.717, 1.165) is 11.1 Å². The third-order valence-electron chi connectivity index (χ3n) is 4.99. The number of nitrogens with one attached hydrogen (secondary N) is 2. The normalized spacial score (nSPS) is 12.6. The summed E-state index contributed by atoms with van der Waals surface area (Å²) >= 11 is 12.0. The molecule has 0 heterocycles. The molecule has 0 aromatic heterocycles. The van der Waals surface area contributed by atoms with E-state index in [1.165, 1.54) is 12.3 Å². The summed E-state index contributed by atoms with van der Waals surface area (Å²) in [5, 5.41) is 7.50. The van der Waals surface area contributed by atoms with Crippen LogP contribution in [0, 0.1) is 0 Å². The minimum atomic E-state index is -0.914. The molecule has 0 fully saturated rings. The highest BCUT2D eigenvalue weighted by Gasteiger charge is 2.25. The fourth-order valence-electron chi connectivity index (χ4n) is 3.10. The van der Waals surface area contributed by atoms with Crippen LogP contribution in [0.15, 0.2) is 77.9 Å². The molecule has 0 bridgehead atoms. The number of hydrogen-bond acceptors (Lipinski definition) is 5. The second kappa shape index (κ2) is 12.8. The van der Waals surface area contributed by atoms with Crippen molar-refractivity contribution in [3.63, 3.8) is 0 Å². The van der Waals surface area contributed by atoms with Crippen LogP contribution in [0.4, 0.5) is 0 Å². The topological polar surface area (TPSA) is 89.0 Å². The molecule has 0 unspecified atom stereocenters. The molecule has 0 aliphatic heterocycles. The maximum Gasteiger partial charge on any atom is 0.262 e. The van der Waals surface area contributed by atoms with Crippen molar-refractivity contribution >= 4 is 41.2 Å². The number of hydrazone groups is 1. The number of benzene rings is 3. The molecule has 2 N–H and O–H groups in total. The fraction of sp³-hybridized carbons (Fsp3) is 0.192. The molecule has 2 amide bonds. The van der Waals surface area contributed by atoms with Crippen LogP contribution in [0.5, 0.6) is 11.5 Å². The summed E-state index contributed by atoms with van der Waals surface area (Å²) in [5.41, 5.74) is 4.15. The molecule has 0 aliphatic carbocycles. The third-order valence-corrected chi connectivity index (χ3v) is 5.52. The smallest absolute Gasteiger partial charge is 0.262 e. The summed E-state index contributed by atoms with van der Waals surface area (Å²) in [6.07, 6.45) is 0.861. The Morgan fingerprint density at radius 2 is 1.71 bits per heavy atom. The lowest BCUT2D eigenvalue weighted by Gasteiger charge is -2.21. The lowest BCUT2D eigenvalue weighted by Crippen LogP contribution is -2.50. The molecule has 0 saturated heterocycles. The van der Waals surface area contributed by atoms with E-state index < -0.39 is 24.0 Å². The Balaban J connectivity index is 1.67. The summed E-state index contributed by atoms with van der Waals surface area (Å²) in [7, 11) is 1.58. The van der Waals surface area contributed by atoms with Gasteiger partial charge in [0.05, 0.1) is 18.3 Å². The van der Waals surface area contributed by atoms with E-state index >= 15 is 0 Å². The van der Waals surface area contributed by atoms with Gasteiger partial charge in [0, 0.05) is 11.4 Å². The summed E-state index contributed by atoms with van der Waals surface area (Å²) in [4.78, 5) is 25.8. The minimum Gasteiger partial charge on any atom is -0.497 e. The Morgan fingerprint density at radius 3 is 2.37 bits per heavy atom. The highest BCUT2D eigenvalue weighted by Crippen LogP contribution is 2.28. The van der Waals surface area contributed by atoms with Gasteiger partial charge in [0.2, 0.25) is 0 Å². The largest absolute Gasteiger partial charge is 0.497 e. The van der Waals surface area contributed by atoms with E-state index in [1.807, 2.05) is 30.3 Å². The average molecular weight is 514 g/mol. The standard InChI is InChI=1S/C26H25Cl2N3O4/c1-17(35-24-13-10-20(27)15-22(24)28)25(32)30-23(14-18-6-4-3-5-7-18)26(33)31-29-16-19-8-11-21(34-2)12-9-19/h3-13,15-17,23H,14H2,1-2H3,(H,30,32)(H,31,33)/b29-16-/t17-,23+/m0/s1. The van der Waals surface area contributed by atoms with Gasteiger partial charge in [-0.3, -0.25) is 9.59 Å². The Kier molecular flexibility index (Phi) is 9.52. The van der Waals surface area contributed by atoms with E-state index in [0.29, 0.717) is 16.5 Å². The monoisotopic (exact) mass is 513 g/mol. The van der Waals surface area contributed by atoms with Gasteiger partial charge in [-0.1, -0.05) is 53.5 Å². The summed E-state index contributed by atoms with van der Waals surface area (Å²) in [6, 6.07) is 20.4. The summed E-state index contributed by atoms with van der Waals surface area (Å²) in [5.74, 6) is 0.0786. The van der Waals surface area contributed by atoms with Crippen molar-refractivity contribution in [3.05, 3.63) is 94.0 Å². The van der Waals surface area contributed by atoms with Crippen LogP contribution in [-0.4, -0.2) is 37.3 Å². The number of rotatable bonds is 10. The number of carbonyl (C=O) groups is 2. The fourth-order valence-corrected chi connectivity index (χ4v) is 3.55. The maximum atomic E-state index is 12.9. The lowest BCUT2D eigenvalue weighted by molar-refractivity contribution is -0.132. The molecule has 0 radical (unpaired) electrons. The molecule has 35 heavy (non-hydrogen) atoms. The van der Waals surface area contributed by atoms with E-state index in [4.69, 9.17) is 32.7 Å². The first-order chi connectivity index (χ1) is 16.9. The molecule has 3 rings (SSSR count).